The summed E-state index contributed by atoms with van der Waals surface area (Å²) in [6, 6.07) is 10.2. The Morgan fingerprint density at radius 2 is 1.94 bits per heavy atom. The van der Waals surface area contributed by atoms with Crippen molar-refractivity contribution in [3.8, 4) is 17.6 Å². The van der Waals surface area contributed by atoms with Crippen molar-refractivity contribution < 1.29 is 34.1 Å². The molecule has 1 amide bonds. The Morgan fingerprint density at radius 3 is 2.55 bits per heavy atom. The molecule has 0 unspecified atom stereocenters. The van der Waals surface area contributed by atoms with Crippen LogP contribution >= 0.6 is 11.6 Å². The van der Waals surface area contributed by atoms with E-state index in [1.165, 1.54) is 42.5 Å². The summed E-state index contributed by atoms with van der Waals surface area (Å²) in [5.74, 6) is -2.94. The van der Waals surface area contributed by atoms with Crippen LogP contribution < -0.4 is 14.8 Å². The van der Waals surface area contributed by atoms with Gasteiger partial charge in [-0.1, -0.05) is 17.7 Å². The van der Waals surface area contributed by atoms with Crippen molar-refractivity contribution in [1.29, 1.82) is 5.26 Å². The van der Waals surface area contributed by atoms with Crippen molar-refractivity contribution in [3.63, 3.8) is 0 Å². The molecule has 2 rings (SSSR count). The van der Waals surface area contributed by atoms with Gasteiger partial charge in [0.2, 0.25) is 0 Å². The highest BCUT2D eigenvalue weighted by molar-refractivity contribution is 6.32. The second-order valence-electron chi connectivity index (χ2n) is 5.96. The van der Waals surface area contributed by atoms with Crippen LogP contribution in [0.2, 0.25) is 5.02 Å². The molecule has 2 aromatic rings. The zero-order valence-corrected chi connectivity index (χ0v) is 17.0. The minimum atomic E-state index is -1.20. The number of nitrogens with zero attached hydrogens (tertiary/aromatic N) is 1. The van der Waals surface area contributed by atoms with Crippen LogP contribution in [-0.4, -0.2) is 41.3 Å². The Kier molecular flexibility index (Phi) is 8.00. The van der Waals surface area contributed by atoms with Crippen molar-refractivity contribution in [2.45, 2.75) is 6.92 Å². The van der Waals surface area contributed by atoms with Crippen molar-refractivity contribution in [2.75, 3.05) is 18.5 Å². The van der Waals surface area contributed by atoms with Gasteiger partial charge in [0.05, 0.1) is 17.2 Å². The van der Waals surface area contributed by atoms with Gasteiger partial charge in [-0.3, -0.25) is 4.79 Å². The number of ether oxygens (including phenoxy) is 2. The predicted molar refractivity (Wildman–Crippen MR) is 111 cm³/mol. The number of nitrogens with one attached hydrogen (secondary N) is 1. The SMILES string of the molecule is CCOc1cc(/C=C(/C#N)C(=O)Nc2cccc(C(=O)O)c2)cc(Cl)c1OCC(=O)O. The van der Waals surface area contributed by atoms with Crippen LogP contribution in [0.5, 0.6) is 11.5 Å². The van der Waals surface area contributed by atoms with Crippen LogP contribution in [0.1, 0.15) is 22.8 Å². The number of aliphatic carboxylic acids is 1. The first-order valence-electron chi connectivity index (χ1n) is 8.82. The Bertz CT molecular complexity index is 1090. The predicted octanol–water partition coefficient (Wildman–Crippen LogP) is 3.45. The second kappa shape index (κ2) is 10.7. The molecule has 0 aromatic heterocycles. The number of amides is 1. The fourth-order valence-electron chi connectivity index (χ4n) is 2.45. The summed E-state index contributed by atoms with van der Waals surface area (Å²) in [5.41, 5.74) is 0.238. The number of carbonyl (C=O) groups is 3. The zero-order valence-electron chi connectivity index (χ0n) is 16.2. The van der Waals surface area contributed by atoms with Gasteiger partial charge in [0.15, 0.2) is 18.1 Å². The van der Waals surface area contributed by atoms with Crippen LogP contribution in [0.15, 0.2) is 42.0 Å². The number of nitriles is 1. The minimum absolute atomic E-state index is 0.0228. The number of carboxylic acid groups (broad SMARTS) is 2. The van der Waals surface area contributed by atoms with Crippen LogP contribution in [0.25, 0.3) is 6.08 Å². The van der Waals surface area contributed by atoms with Gasteiger partial charge in [0, 0.05) is 5.69 Å². The van der Waals surface area contributed by atoms with E-state index >= 15 is 0 Å². The average Bonchev–Trinajstić information content (AvgIpc) is 2.71. The fourth-order valence-corrected chi connectivity index (χ4v) is 2.73. The maximum absolute atomic E-state index is 12.5. The van der Waals surface area contributed by atoms with Crippen LogP contribution in [0, 0.1) is 11.3 Å². The van der Waals surface area contributed by atoms with Crippen molar-refractivity contribution in [2.24, 2.45) is 0 Å². The molecule has 0 aliphatic carbocycles. The summed E-state index contributed by atoms with van der Waals surface area (Å²) < 4.78 is 10.6. The second-order valence-corrected chi connectivity index (χ2v) is 6.36. The van der Waals surface area contributed by atoms with E-state index in [1.807, 2.05) is 0 Å². The number of benzene rings is 2. The van der Waals surface area contributed by atoms with Crippen LogP contribution in [-0.2, 0) is 9.59 Å². The lowest BCUT2D eigenvalue weighted by atomic mass is 10.1. The smallest absolute Gasteiger partial charge is 0.341 e. The molecular weight excluding hydrogens is 428 g/mol. The summed E-state index contributed by atoms with van der Waals surface area (Å²) in [5, 5.41) is 29.7. The average molecular weight is 445 g/mol. The Labute approximate surface area is 182 Å². The molecule has 0 fully saturated rings. The molecule has 0 radical (unpaired) electrons. The van der Waals surface area contributed by atoms with E-state index in [0.717, 1.165) is 0 Å². The number of aromatic carboxylic acids is 1. The quantitative estimate of drug-likeness (QED) is 0.393. The molecule has 0 spiro atoms. The van der Waals surface area contributed by atoms with E-state index < -0.39 is 24.5 Å². The molecule has 2 aromatic carbocycles. The lowest BCUT2D eigenvalue weighted by Crippen LogP contribution is -2.14. The fraction of sp³-hybridized carbons (Fsp3) is 0.143. The molecule has 31 heavy (non-hydrogen) atoms. The van der Waals surface area contributed by atoms with Crippen LogP contribution in [0.4, 0.5) is 5.69 Å². The number of carbonyl (C=O) groups excluding carboxylic acids is 1. The van der Waals surface area contributed by atoms with Crippen molar-refractivity contribution >= 4 is 41.2 Å². The highest BCUT2D eigenvalue weighted by Gasteiger charge is 2.16. The number of hydrogen-bond donors (Lipinski definition) is 3. The van der Waals surface area contributed by atoms with Gasteiger partial charge in [-0.25, -0.2) is 9.59 Å². The summed E-state index contributed by atoms with van der Waals surface area (Å²) in [7, 11) is 0. The molecule has 0 saturated heterocycles. The van der Waals surface area contributed by atoms with Gasteiger partial charge in [0.1, 0.15) is 11.6 Å². The van der Waals surface area contributed by atoms with Crippen molar-refractivity contribution in [1.82, 2.24) is 0 Å². The molecule has 9 nitrogen and oxygen atoms in total. The summed E-state index contributed by atoms with van der Waals surface area (Å²) in [6.07, 6.45) is 1.26. The zero-order chi connectivity index (χ0) is 23.0. The summed E-state index contributed by atoms with van der Waals surface area (Å²) in [4.78, 5) is 34.3. The van der Waals surface area contributed by atoms with Crippen molar-refractivity contribution in [3.05, 3.63) is 58.1 Å². The third-order valence-corrected chi connectivity index (χ3v) is 4.00. The molecule has 0 bridgehead atoms. The number of rotatable bonds is 9. The number of hydrogen-bond acceptors (Lipinski definition) is 6. The highest BCUT2D eigenvalue weighted by Crippen LogP contribution is 2.37. The Morgan fingerprint density at radius 1 is 1.19 bits per heavy atom. The molecule has 10 heteroatoms. The lowest BCUT2D eigenvalue weighted by molar-refractivity contribution is -0.139. The molecule has 3 N–H and O–H groups in total. The molecule has 160 valence electrons. The number of halogens is 1. The van der Waals surface area contributed by atoms with E-state index in [9.17, 15) is 19.6 Å². The third kappa shape index (κ3) is 6.48. The molecule has 0 heterocycles. The molecular formula is C21H17ClN2O7. The summed E-state index contributed by atoms with van der Waals surface area (Å²) >= 11 is 6.17. The number of anilines is 1. The number of carboxylic acids is 2. The molecule has 0 atom stereocenters. The van der Waals surface area contributed by atoms with Gasteiger partial charge in [-0.2, -0.15) is 5.26 Å². The van der Waals surface area contributed by atoms with Crippen LogP contribution in [0.3, 0.4) is 0 Å². The highest BCUT2D eigenvalue weighted by atomic mass is 35.5. The first kappa shape index (κ1) is 23.3. The van der Waals surface area contributed by atoms with Gasteiger partial charge in [0.25, 0.3) is 5.91 Å². The first-order chi connectivity index (χ1) is 14.7. The maximum Gasteiger partial charge on any atom is 0.341 e. The molecule has 0 aliphatic heterocycles. The Hall–Kier alpha value is -4.03. The van der Waals surface area contributed by atoms with E-state index in [0.29, 0.717) is 5.56 Å². The molecule has 0 saturated carbocycles. The normalized spacial score (nSPS) is 10.7. The van der Waals surface area contributed by atoms with Gasteiger partial charge in [-0.05, 0) is 48.9 Å². The minimum Gasteiger partial charge on any atom is -0.490 e. The molecule has 0 aliphatic rings. The van der Waals surface area contributed by atoms with Gasteiger partial charge < -0.3 is 25.0 Å². The maximum atomic E-state index is 12.5. The third-order valence-electron chi connectivity index (χ3n) is 3.72. The van der Waals surface area contributed by atoms with Gasteiger partial charge in [-0.15, -0.1) is 0 Å². The van der Waals surface area contributed by atoms with E-state index in [4.69, 9.17) is 31.3 Å². The topological polar surface area (TPSA) is 146 Å². The van der Waals surface area contributed by atoms with E-state index in [2.05, 4.69) is 5.32 Å². The van der Waals surface area contributed by atoms with Gasteiger partial charge >= 0.3 is 11.9 Å². The summed E-state index contributed by atoms with van der Waals surface area (Å²) in [6.45, 7) is 1.31. The standard InChI is InChI=1S/C21H17ClN2O7/c1-2-30-17-8-12(7-16(22)19(17)31-11-18(25)26)6-14(10-23)20(27)24-15-5-3-4-13(9-15)21(28)29/h3-9H,2,11H2,1H3,(H,24,27)(H,25,26)(H,28,29)/b14-6-. The first-order valence-corrected chi connectivity index (χ1v) is 9.20. The van der Waals surface area contributed by atoms with E-state index in [1.54, 1.807) is 13.0 Å². The van der Waals surface area contributed by atoms with E-state index in [-0.39, 0.29) is 40.0 Å². The largest absolute Gasteiger partial charge is 0.490 e. The Balaban J connectivity index is 2.33. The lowest BCUT2D eigenvalue weighted by Gasteiger charge is -2.13. The monoisotopic (exact) mass is 444 g/mol.